The summed E-state index contributed by atoms with van der Waals surface area (Å²) in [5, 5.41) is 3.36. The minimum Gasteiger partial charge on any atom is -0.313 e. The third kappa shape index (κ3) is 17.7. The van der Waals surface area contributed by atoms with Gasteiger partial charge in [-0.2, -0.15) is 0 Å². The highest BCUT2D eigenvalue weighted by molar-refractivity contribution is 4.69. The zero-order valence-electron chi connectivity index (χ0n) is 13.4. The van der Waals surface area contributed by atoms with Gasteiger partial charge in [-0.3, -0.25) is 0 Å². The molecule has 0 aromatic carbocycles. The molecule has 0 amide bonds. The van der Waals surface area contributed by atoms with Crippen molar-refractivity contribution in [3.63, 3.8) is 0 Å². The molecular formula is C18H37N. The Labute approximate surface area is 122 Å². The summed E-state index contributed by atoms with van der Waals surface area (Å²) >= 11 is 0. The topological polar surface area (TPSA) is 12.0 Å². The molecular weight excluding hydrogens is 230 g/mol. The molecule has 0 atom stereocenters. The predicted octanol–water partition coefficient (Wildman–Crippen LogP) is 5.85. The Morgan fingerprint density at radius 2 is 1.11 bits per heavy atom. The summed E-state index contributed by atoms with van der Waals surface area (Å²) in [5.41, 5.74) is 0. The van der Waals surface area contributed by atoms with Crippen LogP contribution < -0.4 is 5.32 Å². The summed E-state index contributed by atoms with van der Waals surface area (Å²) in [4.78, 5) is 0. The van der Waals surface area contributed by atoms with E-state index in [9.17, 15) is 0 Å². The number of nitrogens with one attached hydrogen (secondary N) is 1. The molecule has 0 aromatic heterocycles. The highest BCUT2D eigenvalue weighted by atomic mass is 14.8. The van der Waals surface area contributed by atoms with Crippen LogP contribution in [-0.2, 0) is 0 Å². The zero-order valence-corrected chi connectivity index (χ0v) is 13.4. The molecule has 0 saturated heterocycles. The molecule has 0 fully saturated rings. The van der Waals surface area contributed by atoms with E-state index in [1.54, 1.807) is 0 Å². The molecule has 19 heavy (non-hydrogen) atoms. The Bertz CT molecular complexity index is 165. The van der Waals surface area contributed by atoms with E-state index in [-0.39, 0.29) is 0 Å². The molecule has 0 unspecified atom stereocenters. The van der Waals surface area contributed by atoms with Crippen LogP contribution in [0.3, 0.4) is 0 Å². The lowest BCUT2D eigenvalue weighted by Crippen LogP contribution is -2.14. The summed E-state index contributed by atoms with van der Waals surface area (Å²) in [6.45, 7) is 8.10. The minimum absolute atomic E-state index is 0.957. The monoisotopic (exact) mass is 267 g/mol. The molecule has 0 heterocycles. The highest BCUT2D eigenvalue weighted by Crippen LogP contribution is 2.12. The third-order valence-corrected chi connectivity index (χ3v) is 3.75. The summed E-state index contributed by atoms with van der Waals surface area (Å²) in [6.07, 6.45) is 20.5. The lowest BCUT2D eigenvalue weighted by atomic mass is 10.0. The van der Waals surface area contributed by atoms with Gasteiger partial charge in [0, 0.05) is 6.54 Å². The fraction of sp³-hybridized carbons (Fsp3) is 0.889. The smallest absolute Gasteiger partial charge is 0.0132 e. The lowest BCUT2D eigenvalue weighted by molar-refractivity contribution is 0.535. The summed E-state index contributed by atoms with van der Waals surface area (Å²) in [7, 11) is 0. The number of hydrogen-bond donors (Lipinski definition) is 1. The molecule has 0 rings (SSSR count). The Morgan fingerprint density at radius 3 is 1.53 bits per heavy atom. The molecule has 0 aliphatic carbocycles. The molecule has 0 aliphatic rings. The van der Waals surface area contributed by atoms with Crippen molar-refractivity contribution in [1.29, 1.82) is 0 Å². The molecule has 0 radical (unpaired) electrons. The molecule has 114 valence electrons. The van der Waals surface area contributed by atoms with Crippen molar-refractivity contribution in [3.8, 4) is 0 Å². The van der Waals surface area contributed by atoms with Crippen LogP contribution >= 0.6 is 0 Å². The lowest BCUT2D eigenvalue weighted by Gasteiger charge is -2.03. The van der Waals surface area contributed by atoms with Gasteiger partial charge < -0.3 is 5.32 Å². The van der Waals surface area contributed by atoms with E-state index in [0.29, 0.717) is 0 Å². The van der Waals surface area contributed by atoms with E-state index in [1.807, 2.05) is 6.08 Å². The summed E-state index contributed by atoms with van der Waals surface area (Å²) < 4.78 is 0. The van der Waals surface area contributed by atoms with Crippen molar-refractivity contribution in [3.05, 3.63) is 12.7 Å². The van der Waals surface area contributed by atoms with Gasteiger partial charge >= 0.3 is 0 Å². The molecule has 1 N–H and O–H groups in total. The predicted molar refractivity (Wildman–Crippen MR) is 88.8 cm³/mol. The molecule has 0 aliphatic heterocycles. The van der Waals surface area contributed by atoms with Crippen LogP contribution in [0.2, 0.25) is 0 Å². The van der Waals surface area contributed by atoms with E-state index in [4.69, 9.17) is 0 Å². The second kappa shape index (κ2) is 17.7. The van der Waals surface area contributed by atoms with Crippen LogP contribution in [0.5, 0.6) is 0 Å². The molecule has 0 saturated carbocycles. The van der Waals surface area contributed by atoms with Crippen LogP contribution in [-0.4, -0.2) is 13.1 Å². The van der Waals surface area contributed by atoms with E-state index in [0.717, 1.165) is 13.1 Å². The maximum Gasteiger partial charge on any atom is 0.0132 e. The van der Waals surface area contributed by atoms with Crippen LogP contribution in [0.25, 0.3) is 0 Å². The van der Waals surface area contributed by atoms with Gasteiger partial charge in [-0.15, -0.1) is 6.58 Å². The Hall–Kier alpha value is -0.300. The quantitative estimate of drug-likeness (QED) is 0.273. The second-order valence-electron chi connectivity index (χ2n) is 5.74. The molecule has 0 spiro atoms. The van der Waals surface area contributed by atoms with Gasteiger partial charge in [-0.1, -0.05) is 90.0 Å². The minimum atomic E-state index is 0.957. The first-order valence-electron chi connectivity index (χ1n) is 8.73. The number of hydrogen-bond acceptors (Lipinski definition) is 1. The normalized spacial score (nSPS) is 10.8. The fourth-order valence-corrected chi connectivity index (χ4v) is 2.47. The maximum absolute atomic E-state index is 3.70. The first-order chi connectivity index (χ1) is 9.41. The molecule has 1 heteroatoms. The highest BCUT2D eigenvalue weighted by Gasteiger charge is 1.93. The van der Waals surface area contributed by atoms with E-state index < -0.39 is 0 Å². The zero-order chi connectivity index (χ0) is 14.0. The van der Waals surface area contributed by atoms with Crippen molar-refractivity contribution < 1.29 is 0 Å². The Balaban J connectivity index is 2.89. The third-order valence-electron chi connectivity index (χ3n) is 3.75. The molecule has 0 aromatic rings. The Kier molecular flexibility index (Phi) is 17.4. The van der Waals surface area contributed by atoms with Gasteiger partial charge in [-0.25, -0.2) is 0 Å². The van der Waals surface area contributed by atoms with Crippen LogP contribution in [0.4, 0.5) is 0 Å². The summed E-state index contributed by atoms with van der Waals surface area (Å²) in [5.74, 6) is 0. The van der Waals surface area contributed by atoms with Gasteiger partial charge in [0.15, 0.2) is 0 Å². The first-order valence-corrected chi connectivity index (χ1v) is 8.73. The fourth-order valence-electron chi connectivity index (χ4n) is 2.47. The van der Waals surface area contributed by atoms with Crippen molar-refractivity contribution in [2.75, 3.05) is 13.1 Å². The standard InChI is InChI=1S/C18H37N/c1-3-5-6-7-8-9-10-11-12-13-14-15-16-18-19-17-4-2/h4,19H,2-3,5-18H2,1H3. The van der Waals surface area contributed by atoms with Gasteiger partial charge in [-0.05, 0) is 13.0 Å². The van der Waals surface area contributed by atoms with Crippen molar-refractivity contribution in [1.82, 2.24) is 5.32 Å². The molecule has 1 nitrogen and oxygen atoms in total. The van der Waals surface area contributed by atoms with Crippen molar-refractivity contribution in [2.24, 2.45) is 0 Å². The average molecular weight is 268 g/mol. The van der Waals surface area contributed by atoms with Gasteiger partial charge in [0.05, 0.1) is 0 Å². The summed E-state index contributed by atoms with van der Waals surface area (Å²) in [6, 6.07) is 0. The Morgan fingerprint density at radius 1 is 0.684 bits per heavy atom. The van der Waals surface area contributed by atoms with Gasteiger partial charge in [0.1, 0.15) is 0 Å². The van der Waals surface area contributed by atoms with Crippen LogP contribution in [0.15, 0.2) is 12.7 Å². The molecule has 0 bridgehead atoms. The van der Waals surface area contributed by atoms with E-state index in [2.05, 4.69) is 18.8 Å². The largest absolute Gasteiger partial charge is 0.313 e. The van der Waals surface area contributed by atoms with Crippen molar-refractivity contribution >= 4 is 0 Å². The number of unbranched alkanes of at least 4 members (excludes halogenated alkanes) is 12. The average Bonchev–Trinajstić information content (AvgIpc) is 2.43. The number of rotatable bonds is 16. The van der Waals surface area contributed by atoms with Gasteiger partial charge in [0.2, 0.25) is 0 Å². The van der Waals surface area contributed by atoms with Crippen LogP contribution in [0.1, 0.15) is 90.4 Å². The first kappa shape index (κ1) is 18.7. The SMILES string of the molecule is C=CCNCCCCCCCCCCCCCCC. The van der Waals surface area contributed by atoms with Crippen molar-refractivity contribution in [2.45, 2.75) is 90.4 Å². The van der Waals surface area contributed by atoms with E-state index in [1.165, 1.54) is 83.5 Å². The van der Waals surface area contributed by atoms with Crippen LogP contribution in [0, 0.1) is 0 Å². The van der Waals surface area contributed by atoms with E-state index >= 15 is 0 Å². The maximum atomic E-state index is 3.70. The van der Waals surface area contributed by atoms with Gasteiger partial charge in [0.25, 0.3) is 0 Å². The second-order valence-corrected chi connectivity index (χ2v) is 5.74.